The van der Waals surface area contributed by atoms with Gasteiger partial charge in [-0.3, -0.25) is 9.78 Å². The number of methoxy groups -OCH3 is 1. The monoisotopic (exact) mass is 209 g/mol. The third kappa shape index (κ3) is 2.46. The average molecular weight is 209 g/mol. The van der Waals surface area contributed by atoms with E-state index in [-0.39, 0.29) is 0 Å². The third-order valence-corrected chi connectivity index (χ3v) is 2.28. The van der Waals surface area contributed by atoms with Crippen molar-refractivity contribution in [2.75, 3.05) is 7.11 Å². The molecule has 4 heteroatoms. The fourth-order valence-electron chi connectivity index (χ4n) is 1.47. The molecule has 82 valence electrons. The Labute approximate surface area is 88.9 Å². The first-order valence-corrected chi connectivity index (χ1v) is 4.84. The van der Waals surface area contributed by atoms with Crippen LogP contribution in [-0.4, -0.2) is 23.2 Å². The van der Waals surface area contributed by atoms with Crippen molar-refractivity contribution in [1.29, 1.82) is 0 Å². The summed E-state index contributed by atoms with van der Waals surface area (Å²) >= 11 is 0. The number of rotatable bonds is 4. The molecule has 1 unspecified atom stereocenters. The fraction of sp³-hybridized carbons (Fsp3) is 0.455. The highest BCUT2D eigenvalue weighted by molar-refractivity contribution is 5.76. The minimum atomic E-state index is -0.867. The minimum absolute atomic E-state index is 0.502. The van der Waals surface area contributed by atoms with E-state index in [0.29, 0.717) is 17.9 Å². The van der Waals surface area contributed by atoms with Crippen LogP contribution in [0.3, 0.4) is 0 Å². The summed E-state index contributed by atoms with van der Waals surface area (Å²) < 4.78 is 5.11. The molecule has 1 heterocycles. The minimum Gasteiger partial charge on any atom is -0.495 e. The second-order valence-corrected chi connectivity index (χ2v) is 3.34. The van der Waals surface area contributed by atoms with Gasteiger partial charge in [0.25, 0.3) is 0 Å². The van der Waals surface area contributed by atoms with Crippen LogP contribution < -0.4 is 4.74 Å². The largest absolute Gasteiger partial charge is 0.495 e. The van der Waals surface area contributed by atoms with Crippen molar-refractivity contribution in [2.45, 2.75) is 26.2 Å². The lowest BCUT2D eigenvalue weighted by Crippen LogP contribution is -2.13. The van der Waals surface area contributed by atoms with Gasteiger partial charge in [0.2, 0.25) is 0 Å². The molecule has 0 aliphatic carbocycles. The SMILES string of the molecule is CCC(C(=O)O)c1nc(C)ccc1OC. The zero-order chi connectivity index (χ0) is 11.4. The summed E-state index contributed by atoms with van der Waals surface area (Å²) in [6.07, 6.45) is 0.502. The molecule has 0 saturated carbocycles. The van der Waals surface area contributed by atoms with Gasteiger partial charge in [-0.15, -0.1) is 0 Å². The summed E-state index contributed by atoms with van der Waals surface area (Å²) in [5.41, 5.74) is 1.30. The van der Waals surface area contributed by atoms with Gasteiger partial charge >= 0.3 is 5.97 Å². The van der Waals surface area contributed by atoms with Gasteiger partial charge in [-0.1, -0.05) is 6.92 Å². The number of pyridine rings is 1. The van der Waals surface area contributed by atoms with E-state index in [4.69, 9.17) is 9.84 Å². The van der Waals surface area contributed by atoms with Gasteiger partial charge in [0.05, 0.1) is 12.8 Å². The number of aryl methyl sites for hydroxylation is 1. The lowest BCUT2D eigenvalue weighted by molar-refractivity contribution is -0.139. The molecule has 1 aromatic heterocycles. The van der Waals surface area contributed by atoms with E-state index < -0.39 is 11.9 Å². The first kappa shape index (κ1) is 11.5. The Morgan fingerprint density at radius 3 is 2.73 bits per heavy atom. The number of aliphatic carboxylic acids is 1. The van der Waals surface area contributed by atoms with Crippen LogP contribution in [0.15, 0.2) is 12.1 Å². The molecule has 4 nitrogen and oxygen atoms in total. The number of carboxylic acid groups (broad SMARTS) is 1. The summed E-state index contributed by atoms with van der Waals surface area (Å²) in [5.74, 6) is -0.927. The first-order chi connectivity index (χ1) is 7.10. The Balaban J connectivity index is 3.19. The predicted octanol–water partition coefficient (Wildman–Crippen LogP) is 1.98. The highest BCUT2D eigenvalue weighted by atomic mass is 16.5. The first-order valence-electron chi connectivity index (χ1n) is 4.84. The molecule has 1 aromatic rings. The molecule has 0 aliphatic heterocycles. The van der Waals surface area contributed by atoms with E-state index >= 15 is 0 Å². The van der Waals surface area contributed by atoms with Crippen LogP contribution in [0.1, 0.15) is 30.7 Å². The van der Waals surface area contributed by atoms with Crippen LogP contribution in [0.5, 0.6) is 5.75 Å². The Bertz CT molecular complexity index is 363. The normalized spacial score (nSPS) is 12.2. The molecule has 0 bridgehead atoms. The zero-order valence-corrected chi connectivity index (χ0v) is 9.15. The molecule has 1 rings (SSSR count). The summed E-state index contributed by atoms with van der Waals surface area (Å²) in [5, 5.41) is 9.04. The molecule has 0 saturated heterocycles. The van der Waals surface area contributed by atoms with E-state index in [2.05, 4.69) is 4.98 Å². The molecule has 0 spiro atoms. The predicted molar refractivity (Wildman–Crippen MR) is 56.2 cm³/mol. The molecule has 0 aliphatic rings. The van der Waals surface area contributed by atoms with Crippen LogP contribution in [0.4, 0.5) is 0 Å². The van der Waals surface area contributed by atoms with Crippen LogP contribution in [0, 0.1) is 6.92 Å². The maximum absolute atomic E-state index is 11.0. The van der Waals surface area contributed by atoms with Crippen molar-refractivity contribution < 1.29 is 14.6 Å². The van der Waals surface area contributed by atoms with Gasteiger partial charge in [-0.05, 0) is 25.5 Å². The van der Waals surface area contributed by atoms with Gasteiger partial charge in [-0.25, -0.2) is 0 Å². The Hall–Kier alpha value is -1.58. The molecular weight excluding hydrogens is 194 g/mol. The number of nitrogens with zero attached hydrogens (tertiary/aromatic N) is 1. The number of hydrogen-bond donors (Lipinski definition) is 1. The van der Waals surface area contributed by atoms with Gasteiger partial charge < -0.3 is 9.84 Å². The Morgan fingerprint density at radius 1 is 1.60 bits per heavy atom. The van der Waals surface area contributed by atoms with E-state index in [0.717, 1.165) is 5.69 Å². The maximum Gasteiger partial charge on any atom is 0.312 e. The quantitative estimate of drug-likeness (QED) is 0.823. The third-order valence-electron chi connectivity index (χ3n) is 2.28. The van der Waals surface area contributed by atoms with Crippen LogP contribution >= 0.6 is 0 Å². The fourth-order valence-corrected chi connectivity index (χ4v) is 1.47. The van der Waals surface area contributed by atoms with E-state index in [1.807, 2.05) is 13.8 Å². The molecule has 15 heavy (non-hydrogen) atoms. The highest BCUT2D eigenvalue weighted by Gasteiger charge is 2.23. The van der Waals surface area contributed by atoms with Crippen LogP contribution in [-0.2, 0) is 4.79 Å². The van der Waals surface area contributed by atoms with Crippen LogP contribution in [0.2, 0.25) is 0 Å². The molecule has 1 atom stereocenters. The number of carbonyl (C=O) groups is 1. The van der Waals surface area contributed by atoms with Crippen LogP contribution in [0.25, 0.3) is 0 Å². The van der Waals surface area contributed by atoms with Crippen molar-refractivity contribution in [3.05, 3.63) is 23.5 Å². The maximum atomic E-state index is 11.0. The number of carboxylic acids is 1. The second-order valence-electron chi connectivity index (χ2n) is 3.34. The Morgan fingerprint density at radius 2 is 2.27 bits per heavy atom. The summed E-state index contributed by atoms with van der Waals surface area (Å²) in [6, 6.07) is 3.56. The van der Waals surface area contributed by atoms with Crippen molar-refractivity contribution in [3.8, 4) is 5.75 Å². The number of ether oxygens (including phenoxy) is 1. The molecule has 0 amide bonds. The van der Waals surface area contributed by atoms with Crippen molar-refractivity contribution in [3.63, 3.8) is 0 Å². The summed E-state index contributed by atoms with van der Waals surface area (Å²) in [4.78, 5) is 15.2. The number of aromatic nitrogens is 1. The summed E-state index contributed by atoms with van der Waals surface area (Å²) in [6.45, 7) is 3.65. The van der Waals surface area contributed by atoms with Crippen molar-refractivity contribution >= 4 is 5.97 Å². The second kappa shape index (κ2) is 4.77. The molecular formula is C11H15NO3. The van der Waals surface area contributed by atoms with Gasteiger partial charge in [0.1, 0.15) is 11.7 Å². The molecule has 0 fully saturated rings. The zero-order valence-electron chi connectivity index (χ0n) is 9.15. The summed E-state index contributed by atoms with van der Waals surface area (Å²) in [7, 11) is 1.52. The van der Waals surface area contributed by atoms with Crippen molar-refractivity contribution in [2.24, 2.45) is 0 Å². The molecule has 0 aromatic carbocycles. The van der Waals surface area contributed by atoms with E-state index in [1.165, 1.54) is 7.11 Å². The van der Waals surface area contributed by atoms with E-state index in [1.54, 1.807) is 12.1 Å². The average Bonchev–Trinajstić information content (AvgIpc) is 2.18. The highest BCUT2D eigenvalue weighted by Crippen LogP contribution is 2.27. The molecule has 1 N–H and O–H groups in total. The smallest absolute Gasteiger partial charge is 0.312 e. The van der Waals surface area contributed by atoms with Gasteiger partial charge in [-0.2, -0.15) is 0 Å². The van der Waals surface area contributed by atoms with Gasteiger partial charge in [0.15, 0.2) is 0 Å². The lowest BCUT2D eigenvalue weighted by atomic mass is 10.0. The Kier molecular flexibility index (Phi) is 3.66. The number of hydrogen-bond acceptors (Lipinski definition) is 3. The molecule has 0 radical (unpaired) electrons. The van der Waals surface area contributed by atoms with Gasteiger partial charge in [0, 0.05) is 5.69 Å². The topological polar surface area (TPSA) is 59.4 Å². The lowest BCUT2D eigenvalue weighted by Gasteiger charge is -2.13. The standard InChI is InChI=1S/C11H15NO3/c1-4-8(11(13)14)10-9(15-3)6-5-7(2)12-10/h5-6,8H,4H2,1-3H3,(H,13,14). The van der Waals surface area contributed by atoms with E-state index in [9.17, 15) is 4.79 Å². The van der Waals surface area contributed by atoms with Crippen molar-refractivity contribution in [1.82, 2.24) is 4.98 Å².